The number of benzene rings is 1. The molecule has 0 unspecified atom stereocenters. The molecular formula is C22H23F3N4O2. The smallest absolute Gasteiger partial charge is 0.371 e. The second-order valence-electron chi connectivity index (χ2n) is 7.94. The average molecular weight is 432 g/mol. The lowest BCUT2D eigenvalue weighted by Gasteiger charge is -2.36. The van der Waals surface area contributed by atoms with Crippen molar-refractivity contribution in [1.82, 2.24) is 15.5 Å². The Morgan fingerprint density at radius 3 is 2.55 bits per heavy atom. The Labute approximate surface area is 177 Å². The molecule has 1 aliphatic carbocycles. The van der Waals surface area contributed by atoms with Crippen LogP contribution in [0.25, 0.3) is 10.9 Å². The van der Waals surface area contributed by atoms with Crippen LogP contribution in [0.15, 0.2) is 41.1 Å². The summed E-state index contributed by atoms with van der Waals surface area (Å²) < 4.78 is 45.0. The summed E-state index contributed by atoms with van der Waals surface area (Å²) >= 11 is 0. The normalized spacial score (nSPS) is 19.4. The van der Waals surface area contributed by atoms with E-state index >= 15 is 0 Å². The lowest BCUT2D eigenvalue weighted by Crippen LogP contribution is -2.43. The van der Waals surface area contributed by atoms with Crippen LogP contribution in [-0.4, -0.2) is 35.2 Å². The fourth-order valence-corrected chi connectivity index (χ4v) is 4.17. The number of aryl methyl sites for hydroxylation is 1. The Bertz CT molecular complexity index is 1090. The number of aromatic nitrogens is 2. The van der Waals surface area contributed by atoms with E-state index in [1.165, 1.54) is 6.26 Å². The van der Waals surface area contributed by atoms with E-state index in [9.17, 15) is 18.0 Å². The van der Waals surface area contributed by atoms with Crippen molar-refractivity contribution in [3.05, 3.63) is 53.5 Å². The van der Waals surface area contributed by atoms with Crippen molar-refractivity contribution < 1.29 is 22.5 Å². The number of halogens is 3. The molecule has 0 radical (unpaired) electrons. The van der Waals surface area contributed by atoms with E-state index in [0.717, 1.165) is 31.7 Å². The van der Waals surface area contributed by atoms with Gasteiger partial charge in [0.25, 0.3) is 5.91 Å². The molecule has 0 atom stereocenters. The van der Waals surface area contributed by atoms with Gasteiger partial charge in [0.15, 0.2) is 0 Å². The van der Waals surface area contributed by atoms with Crippen LogP contribution in [0.2, 0.25) is 0 Å². The Kier molecular flexibility index (Phi) is 5.60. The van der Waals surface area contributed by atoms with E-state index in [4.69, 9.17) is 4.52 Å². The highest BCUT2D eigenvalue weighted by Gasteiger charge is 2.34. The zero-order valence-electron chi connectivity index (χ0n) is 17.2. The molecule has 0 aliphatic heterocycles. The van der Waals surface area contributed by atoms with E-state index in [2.05, 4.69) is 15.5 Å². The number of alkyl halides is 3. The largest absolute Gasteiger partial charge is 0.433 e. The van der Waals surface area contributed by atoms with E-state index < -0.39 is 11.9 Å². The predicted octanol–water partition coefficient (Wildman–Crippen LogP) is 4.73. The zero-order chi connectivity index (χ0) is 22.2. The van der Waals surface area contributed by atoms with Gasteiger partial charge in [0.2, 0.25) is 0 Å². The Morgan fingerprint density at radius 2 is 1.90 bits per heavy atom. The van der Waals surface area contributed by atoms with Gasteiger partial charge in [-0.3, -0.25) is 4.79 Å². The van der Waals surface area contributed by atoms with Crippen LogP contribution in [0.5, 0.6) is 0 Å². The third kappa shape index (κ3) is 4.35. The van der Waals surface area contributed by atoms with Crippen molar-refractivity contribution in [2.75, 3.05) is 11.9 Å². The first-order chi connectivity index (χ1) is 14.7. The van der Waals surface area contributed by atoms with E-state index in [1.54, 1.807) is 31.2 Å². The number of hydrogen-bond donors (Lipinski definition) is 1. The van der Waals surface area contributed by atoms with Crippen LogP contribution in [0.3, 0.4) is 0 Å². The fraction of sp³-hybridized carbons (Fsp3) is 0.409. The van der Waals surface area contributed by atoms with Crippen molar-refractivity contribution in [3.63, 3.8) is 0 Å². The van der Waals surface area contributed by atoms with Gasteiger partial charge in [0.1, 0.15) is 17.5 Å². The Morgan fingerprint density at radius 1 is 1.19 bits per heavy atom. The summed E-state index contributed by atoms with van der Waals surface area (Å²) in [5.74, 6) is -0.217. The standard InChI is InChI=1S/C22H23F3N4O2/c1-13-17(12-31-28-13)21(30)26-14-7-9-15(10-8-14)29(2)19-11-20(22(23,24)25)27-18-6-4-3-5-16(18)19/h3-6,11-12,14-15H,7-10H2,1-2H3,(H,26,30). The van der Waals surface area contributed by atoms with E-state index in [1.807, 2.05) is 11.9 Å². The number of carbonyl (C=O) groups is 1. The first-order valence-electron chi connectivity index (χ1n) is 10.2. The van der Waals surface area contributed by atoms with E-state index in [-0.39, 0.29) is 18.0 Å². The molecule has 0 spiro atoms. The molecule has 31 heavy (non-hydrogen) atoms. The quantitative estimate of drug-likeness (QED) is 0.646. The molecule has 4 rings (SSSR count). The van der Waals surface area contributed by atoms with Gasteiger partial charge in [-0.1, -0.05) is 23.4 Å². The number of nitrogens with zero attached hydrogens (tertiary/aromatic N) is 3. The maximum absolute atomic E-state index is 13.4. The molecule has 6 nitrogen and oxygen atoms in total. The second-order valence-corrected chi connectivity index (χ2v) is 7.94. The van der Waals surface area contributed by atoms with Gasteiger partial charge >= 0.3 is 6.18 Å². The van der Waals surface area contributed by atoms with Gasteiger partial charge in [-0.2, -0.15) is 13.2 Å². The number of hydrogen-bond acceptors (Lipinski definition) is 5. The van der Waals surface area contributed by atoms with Gasteiger partial charge in [-0.25, -0.2) is 4.98 Å². The summed E-state index contributed by atoms with van der Waals surface area (Å²) in [6, 6.07) is 8.08. The number of amides is 1. The summed E-state index contributed by atoms with van der Waals surface area (Å²) in [5.41, 5.74) is 0.908. The number of rotatable bonds is 4. The molecule has 1 saturated carbocycles. The van der Waals surface area contributed by atoms with Crippen molar-refractivity contribution in [2.45, 2.75) is 50.9 Å². The van der Waals surface area contributed by atoms with Gasteiger partial charge in [-0.05, 0) is 44.7 Å². The van der Waals surface area contributed by atoms with Gasteiger partial charge < -0.3 is 14.7 Å². The molecule has 3 aromatic rings. The second kappa shape index (κ2) is 8.20. The van der Waals surface area contributed by atoms with Crippen LogP contribution in [0.1, 0.15) is 47.4 Å². The van der Waals surface area contributed by atoms with Crippen LogP contribution < -0.4 is 10.2 Å². The number of pyridine rings is 1. The van der Waals surface area contributed by atoms with Crippen LogP contribution in [-0.2, 0) is 6.18 Å². The van der Waals surface area contributed by atoms with Gasteiger partial charge in [0.05, 0.1) is 11.2 Å². The molecule has 0 bridgehead atoms. The molecule has 1 fully saturated rings. The molecular weight excluding hydrogens is 409 g/mol. The average Bonchev–Trinajstić information content (AvgIpc) is 3.18. The number of anilines is 1. The molecule has 2 aromatic heterocycles. The molecule has 1 aliphatic rings. The van der Waals surface area contributed by atoms with Crippen molar-refractivity contribution in [1.29, 1.82) is 0 Å². The Balaban J connectivity index is 1.49. The molecule has 2 heterocycles. The summed E-state index contributed by atoms with van der Waals surface area (Å²) in [6.45, 7) is 1.71. The first kappa shape index (κ1) is 21.1. The van der Waals surface area contributed by atoms with Crippen molar-refractivity contribution in [3.8, 4) is 0 Å². The monoisotopic (exact) mass is 432 g/mol. The minimum atomic E-state index is -4.51. The van der Waals surface area contributed by atoms with E-state index in [0.29, 0.717) is 27.8 Å². The predicted molar refractivity (Wildman–Crippen MR) is 110 cm³/mol. The molecule has 1 amide bonds. The zero-order valence-corrected chi connectivity index (χ0v) is 17.2. The molecule has 164 valence electrons. The number of para-hydroxylation sites is 1. The third-order valence-corrected chi connectivity index (χ3v) is 5.94. The highest BCUT2D eigenvalue weighted by Crippen LogP contribution is 2.36. The summed E-state index contributed by atoms with van der Waals surface area (Å²) in [5, 5.41) is 7.42. The van der Waals surface area contributed by atoms with Crippen molar-refractivity contribution >= 4 is 22.5 Å². The van der Waals surface area contributed by atoms with Crippen LogP contribution >= 0.6 is 0 Å². The molecule has 1 aromatic carbocycles. The minimum absolute atomic E-state index is 0.00590. The maximum Gasteiger partial charge on any atom is 0.433 e. The third-order valence-electron chi connectivity index (χ3n) is 5.94. The number of carbonyl (C=O) groups excluding carboxylic acids is 1. The van der Waals surface area contributed by atoms with Crippen LogP contribution in [0, 0.1) is 6.92 Å². The van der Waals surface area contributed by atoms with Crippen LogP contribution in [0.4, 0.5) is 18.9 Å². The molecule has 1 N–H and O–H groups in total. The fourth-order valence-electron chi connectivity index (χ4n) is 4.17. The lowest BCUT2D eigenvalue weighted by atomic mass is 9.89. The summed E-state index contributed by atoms with van der Waals surface area (Å²) in [6.07, 6.45) is -0.205. The number of nitrogens with one attached hydrogen (secondary N) is 1. The highest BCUT2D eigenvalue weighted by atomic mass is 19.4. The summed E-state index contributed by atoms with van der Waals surface area (Å²) in [4.78, 5) is 18.1. The first-order valence-corrected chi connectivity index (χ1v) is 10.2. The molecule has 0 saturated heterocycles. The maximum atomic E-state index is 13.4. The Hall–Kier alpha value is -3.10. The van der Waals surface area contributed by atoms with Gasteiger partial charge in [0, 0.05) is 30.2 Å². The topological polar surface area (TPSA) is 71.3 Å². The van der Waals surface area contributed by atoms with Gasteiger partial charge in [-0.15, -0.1) is 0 Å². The molecule has 9 heteroatoms. The highest BCUT2D eigenvalue weighted by molar-refractivity contribution is 5.95. The van der Waals surface area contributed by atoms with Crippen molar-refractivity contribution in [2.24, 2.45) is 0 Å². The lowest BCUT2D eigenvalue weighted by molar-refractivity contribution is -0.140. The minimum Gasteiger partial charge on any atom is -0.371 e. The number of fused-ring (bicyclic) bond motifs is 1. The summed E-state index contributed by atoms with van der Waals surface area (Å²) in [7, 11) is 1.83. The SMILES string of the molecule is Cc1nocc1C(=O)NC1CCC(N(C)c2cc(C(F)(F)F)nc3ccccc23)CC1.